The maximum absolute atomic E-state index is 13.6. The van der Waals surface area contributed by atoms with Crippen molar-refractivity contribution in [2.24, 2.45) is 5.92 Å². The number of hydrogen-bond acceptors (Lipinski definition) is 9. The highest BCUT2D eigenvalue weighted by Gasteiger charge is 2.81. The van der Waals surface area contributed by atoms with E-state index in [1.54, 1.807) is 71.9 Å². The Labute approximate surface area is 265 Å². The van der Waals surface area contributed by atoms with Crippen LogP contribution in [-0.2, 0) is 25.5 Å². The number of benzene rings is 1. The van der Waals surface area contributed by atoms with Gasteiger partial charge >= 0.3 is 18.2 Å². The van der Waals surface area contributed by atoms with E-state index >= 15 is 0 Å². The Kier molecular flexibility index (Phi) is 8.80. The van der Waals surface area contributed by atoms with Crippen LogP contribution in [0.15, 0.2) is 42.6 Å². The van der Waals surface area contributed by atoms with E-state index in [0.29, 0.717) is 17.0 Å². The molecule has 2 aliphatic rings. The first kappa shape index (κ1) is 33.9. The lowest BCUT2D eigenvalue weighted by molar-refractivity contribution is -0.137. The van der Waals surface area contributed by atoms with Gasteiger partial charge in [0.1, 0.15) is 25.1 Å². The number of ether oxygens (including phenoxy) is 3. The van der Waals surface area contributed by atoms with Crippen LogP contribution >= 0.6 is 11.6 Å². The van der Waals surface area contributed by atoms with Gasteiger partial charge in [0.15, 0.2) is 11.6 Å². The van der Waals surface area contributed by atoms with Gasteiger partial charge in [-0.1, -0.05) is 51.5 Å². The third-order valence-corrected chi connectivity index (χ3v) is 14.8. The fraction of sp³-hybridized carbons (Fsp3) is 0.562. The van der Waals surface area contributed by atoms with Crippen LogP contribution in [0.3, 0.4) is 0 Å². The molecule has 0 N–H and O–H groups in total. The van der Waals surface area contributed by atoms with Crippen molar-refractivity contribution in [1.82, 2.24) is 10.0 Å². The standard InChI is InChI=1S/C32H44ClN3O7Si/c1-29(2,3)41-27(38)35(28(39)42-30(4,5)6)24-18-20(15-16-34-24)17-23-25-36(43-25)32(23,44(10,11)31(7,8)9)40-26(37)21-13-12-14-22(33)19-21/h12-16,18-19,23,25H,17H2,1-11H3/t23-,25?,32-,36?/m1/s1. The maximum Gasteiger partial charge on any atom is 0.425 e. The van der Waals surface area contributed by atoms with Crippen LogP contribution < -0.4 is 4.90 Å². The van der Waals surface area contributed by atoms with Gasteiger partial charge in [0.25, 0.3) is 0 Å². The molecule has 1 aromatic heterocycles. The third-order valence-electron chi connectivity index (χ3n) is 8.31. The Bertz CT molecular complexity index is 1420. The van der Waals surface area contributed by atoms with E-state index in [0.717, 1.165) is 10.5 Å². The molecule has 0 aliphatic carbocycles. The summed E-state index contributed by atoms with van der Waals surface area (Å²) in [7, 11) is -2.49. The molecule has 2 unspecified atom stereocenters. The Morgan fingerprint density at radius 2 is 1.57 bits per heavy atom. The van der Waals surface area contributed by atoms with E-state index in [2.05, 4.69) is 38.8 Å². The lowest BCUT2D eigenvalue weighted by Gasteiger charge is -2.57. The highest BCUT2D eigenvalue weighted by atomic mass is 35.5. The summed E-state index contributed by atoms with van der Waals surface area (Å²) in [4.78, 5) is 51.3. The molecule has 2 amide bonds. The minimum atomic E-state index is -2.49. The molecule has 0 saturated carbocycles. The van der Waals surface area contributed by atoms with E-state index in [9.17, 15) is 14.4 Å². The number of rotatable bonds is 6. The second kappa shape index (κ2) is 11.4. The molecule has 2 saturated heterocycles. The predicted octanol–water partition coefficient (Wildman–Crippen LogP) is 7.76. The second-order valence-electron chi connectivity index (χ2n) is 14.9. The molecule has 240 valence electrons. The van der Waals surface area contributed by atoms with E-state index in [4.69, 9.17) is 30.6 Å². The molecule has 2 fully saturated rings. The zero-order chi connectivity index (χ0) is 33.0. The van der Waals surface area contributed by atoms with Gasteiger partial charge in [-0.05, 0) is 88.9 Å². The molecule has 4 atom stereocenters. The molecule has 3 heterocycles. The van der Waals surface area contributed by atoms with Crippen LogP contribution in [0, 0.1) is 5.92 Å². The number of halogens is 1. The zero-order valence-electron chi connectivity index (χ0n) is 27.5. The van der Waals surface area contributed by atoms with E-state index in [1.165, 1.54) is 6.20 Å². The number of carbonyl (C=O) groups is 3. The van der Waals surface area contributed by atoms with Crippen molar-refractivity contribution in [2.75, 3.05) is 4.90 Å². The Hall–Kier alpha value is -2.99. The minimum absolute atomic E-state index is 0.0627. The molecular weight excluding hydrogens is 602 g/mol. The van der Waals surface area contributed by atoms with Gasteiger partial charge in [-0.15, -0.1) is 5.06 Å². The zero-order valence-corrected chi connectivity index (χ0v) is 29.2. The molecule has 2 aliphatic heterocycles. The molecule has 1 aromatic carbocycles. The van der Waals surface area contributed by atoms with Crippen LogP contribution in [0.2, 0.25) is 23.2 Å². The molecule has 0 spiro atoms. The van der Waals surface area contributed by atoms with Crippen LogP contribution in [0.5, 0.6) is 0 Å². The van der Waals surface area contributed by atoms with Gasteiger partial charge in [0.2, 0.25) is 0 Å². The highest BCUT2D eigenvalue weighted by molar-refractivity contribution is 6.83. The van der Waals surface area contributed by atoms with Gasteiger partial charge in [0.05, 0.1) is 11.5 Å². The molecule has 0 radical (unpaired) electrons. The molecule has 10 nitrogen and oxygen atoms in total. The average Bonchev–Trinajstić information content (AvgIpc) is 3.59. The topological polar surface area (TPSA) is 111 Å². The third kappa shape index (κ3) is 6.66. The predicted molar refractivity (Wildman–Crippen MR) is 170 cm³/mol. The fourth-order valence-electron chi connectivity index (χ4n) is 5.29. The smallest absolute Gasteiger partial charge is 0.425 e. The number of imide groups is 1. The van der Waals surface area contributed by atoms with Gasteiger partial charge < -0.3 is 14.2 Å². The number of hydrogen-bond donors (Lipinski definition) is 0. The first-order chi connectivity index (χ1) is 20.1. The number of carbonyl (C=O) groups excluding carboxylic acids is 3. The SMILES string of the molecule is CC(C)(C)OC(=O)N(C(=O)OC(C)(C)C)c1cc(C[C@@H]2C3ON3[C@]2(OC(=O)c2cccc(Cl)c2)[Si](C)(C)C(C)(C)C)ccn1. The summed E-state index contributed by atoms with van der Waals surface area (Å²) in [5.74, 6) is -0.640. The van der Waals surface area contributed by atoms with Crippen molar-refractivity contribution in [1.29, 1.82) is 0 Å². The van der Waals surface area contributed by atoms with Crippen LogP contribution in [0.25, 0.3) is 0 Å². The number of fused-ring (bicyclic) bond motifs is 1. The normalized spacial score (nSPS) is 23.1. The number of nitrogens with zero attached hydrogens (tertiary/aromatic N) is 3. The lowest BCUT2D eigenvalue weighted by atomic mass is 9.91. The van der Waals surface area contributed by atoms with Crippen molar-refractivity contribution < 1.29 is 33.4 Å². The van der Waals surface area contributed by atoms with E-state index < -0.39 is 42.8 Å². The Morgan fingerprint density at radius 3 is 2.09 bits per heavy atom. The largest absolute Gasteiger partial charge is 0.443 e. The van der Waals surface area contributed by atoms with E-state index in [-0.39, 0.29) is 23.0 Å². The summed E-state index contributed by atoms with van der Waals surface area (Å²) in [6.45, 7) is 21.2. The molecule has 0 bridgehead atoms. The Morgan fingerprint density at radius 1 is 0.977 bits per heavy atom. The molecule has 12 heteroatoms. The van der Waals surface area contributed by atoms with Gasteiger partial charge in [-0.3, -0.25) is 4.84 Å². The number of esters is 1. The number of pyridine rings is 1. The Balaban J connectivity index is 1.71. The second-order valence-corrected chi connectivity index (χ2v) is 20.8. The molecule has 44 heavy (non-hydrogen) atoms. The van der Waals surface area contributed by atoms with Crippen molar-refractivity contribution in [2.45, 2.75) is 110 Å². The van der Waals surface area contributed by atoms with Crippen molar-refractivity contribution in [3.63, 3.8) is 0 Å². The molecular formula is C32H44ClN3O7Si. The average molecular weight is 646 g/mol. The summed E-state index contributed by atoms with van der Waals surface area (Å²) in [6.07, 6.45) is -0.0724. The number of amides is 2. The monoisotopic (exact) mass is 645 g/mol. The van der Waals surface area contributed by atoms with Gasteiger partial charge in [-0.2, -0.15) is 4.90 Å². The first-order valence-corrected chi connectivity index (χ1v) is 18.1. The van der Waals surface area contributed by atoms with Gasteiger partial charge in [-0.25, -0.2) is 19.4 Å². The quantitative estimate of drug-likeness (QED) is 0.135. The fourth-order valence-corrected chi connectivity index (χ4v) is 8.80. The lowest BCUT2D eigenvalue weighted by Crippen LogP contribution is -2.76. The highest BCUT2D eigenvalue weighted by Crippen LogP contribution is 2.64. The van der Waals surface area contributed by atoms with Crippen molar-refractivity contribution >= 4 is 43.6 Å². The van der Waals surface area contributed by atoms with Crippen LogP contribution in [0.1, 0.15) is 78.2 Å². The van der Waals surface area contributed by atoms with Crippen molar-refractivity contribution in [3.8, 4) is 0 Å². The number of anilines is 1. The van der Waals surface area contributed by atoms with Crippen LogP contribution in [0.4, 0.5) is 15.4 Å². The minimum Gasteiger partial charge on any atom is -0.443 e. The van der Waals surface area contributed by atoms with Crippen LogP contribution in [-0.4, -0.2) is 59.1 Å². The van der Waals surface area contributed by atoms with E-state index in [1.807, 2.05) is 11.1 Å². The molecule has 2 aromatic rings. The summed E-state index contributed by atoms with van der Waals surface area (Å²) in [5, 5.41) is 1.09. The first-order valence-electron chi connectivity index (χ1n) is 14.7. The number of aromatic nitrogens is 1. The maximum atomic E-state index is 13.6. The van der Waals surface area contributed by atoms with Gasteiger partial charge in [0, 0.05) is 11.2 Å². The number of hydroxylamine groups is 2. The summed E-state index contributed by atoms with van der Waals surface area (Å²) in [6, 6.07) is 10.2. The molecule has 4 rings (SSSR count). The van der Waals surface area contributed by atoms with Crippen molar-refractivity contribution in [3.05, 3.63) is 58.7 Å². The summed E-state index contributed by atoms with van der Waals surface area (Å²) in [5.41, 5.74) is -0.586. The summed E-state index contributed by atoms with van der Waals surface area (Å²) < 4.78 is 17.6. The summed E-state index contributed by atoms with van der Waals surface area (Å²) >= 11 is 6.19.